The number of nitrogens with two attached hydrogens (primary N) is 2. The van der Waals surface area contributed by atoms with E-state index in [4.69, 9.17) is 9.11 Å². The topological polar surface area (TPSA) is 161 Å². The molecule has 0 saturated carbocycles. The Kier molecular flexibility index (Phi) is 8.66. The van der Waals surface area contributed by atoms with E-state index in [-0.39, 0.29) is 5.75 Å². The van der Waals surface area contributed by atoms with Gasteiger partial charge in [-0.1, -0.05) is 6.92 Å². The van der Waals surface area contributed by atoms with E-state index < -0.39 is 49.9 Å². The predicted molar refractivity (Wildman–Crippen MR) is 69.8 cm³/mol. The molecule has 148 valence electrons. The van der Waals surface area contributed by atoms with Gasteiger partial charge >= 0.3 is 12.4 Å². The predicted octanol–water partition coefficient (Wildman–Crippen LogP) is 0.513. The van der Waals surface area contributed by atoms with Crippen LogP contribution in [0.5, 0.6) is 0 Å². The first-order valence-corrected chi connectivity index (χ1v) is 8.97. The molecule has 0 aromatic carbocycles. The van der Waals surface area contributed by atoms with Crippen LogP contribution in [0.1, 0.15) is 13.3 Å². The van der Waals surface area contributed by atoms with Crippen LogP contribution in [0.3, 0.4) is 0 Å². The van der Waals surface area contributed by atoms with Crippen LogP contribution in [-0.2, 0) is 20.2 Å². The first kappa shape index (κ1) is 25.6. The number of rotatable bonds is 5. The van der Waals surface area contributed by atoms with Crippen LogP contribution in [0, 0.1) is 5.92 Å². The fraction of sp³-hybridized carbons (Fsp3) is 1.00. The van der Waals surface area contributed by atoms with Gasteiger partial charge in [0.1, 0.15) is 11.4 Å². The van der Waals surface area contributed by atoms with Gasteiger partial charge in [-0.25, -0.2) is 0 Å². The van der Waals surface area contributed by atoms with E-state index in [0.717, 1.165) is 0 Å². The molecule has 0 aliphatic heterocycles. The van der Waals surface area contributed by atoms with Crippen LogP contribution in [0.25, 0.3) is 0 Å². The summed E-state index contributed by atoms with van der Waals surface area (Å²) in [4.78, 5) is 0. The molecule has 0 radical (unpaired) electrons. The number of hydrogen-bond donors (Lipinski definition) is 4. The van der Waals surface area contributed by atoms with Crippen molar-refractivity contribution in [1.82, 2.24) is 0 Å². The molecule has 0 aromatic rings. The van der Waals surface area contributed by atoms with Gasteiger partial charge in [-0.2, -0.15) is 43.2 Å². The van der Waals surface area contributed by atoms with Crippen LogP contribution in [-0.4, -0.2) is 55.5 Å². The molecule has 0 bridgehead atoms. The lowest BCUT2D eigenvalue weighted by Gasteiger charge is -2.35. The third kappa shape index (κ3) is 11.8. The molecule has 0 heterocycles. The van der Waals surface area contributed by atoms with E-state index >= 15 is 0 Å². The molecule has 0 aliphatic carbocycles. The van der Waals surface area contributed by atoms with Crippen molar-refractivity contribution in [3.63, 3.8) is 0 Å². The molecule has 0 atom stereocenters. The molecular formula is C8H16F6N2O6S2. The molecule has 0 fully saturated rings. The second-order valence-electron chi connectivity index (χ2n) is 4.64. The quantitative estimate of drug-likeness (QED) is 0.287. The van der Waals surface area contributed by atoms with E-state index in [2.05, 4.69) is 11.5 Å². The number of alkyl halides is 6. The van der Waals surface area contributed by atoms with Gasteiger partial charge in [-0.15, -0.1) is 0 Å². The van der Waals surface area contributed by atoms with Crippen molar-refractivity contribution in [2.75, 3.05) is 11.5 Å². The maximum absolute atomic E-state index is 12.1. The van der Waals surface area contributed by atoms with Crippen molar-refractivity contribution in [3.8, 4) is 0 Å². The third-order valence-corrected chi connectivity index (χ3v) is 3.88. The fourth-order valence-corrected chi connectivity index (χ4v) is 2.77. The highest BCUT2D eigenvalue weighted by Gasteiger charge is 2.65. The SMILES string of the molecule is CCCS(=O)(=O)O.NC(N)(CS(=O)(=O)O)C(C(F)(F)F)C(F)(F)F. The molecule has 0 aromatic heterocycles. The van der Waals surface area contributed by atoms with Crippen LogP contribution < -0.4 is 11.5 Å². The zero-order valence-electron chi connectivity index (χ0n) is 12.0. The summed E-state index contributed by atoms with van der Waals surface area (Å²) in [5, 5.41) is 0. The van der Waals surface area contributed by atoms with Crippen LogP contribution in [0.2, 0.25) is 0 Å². The molecule has 8 nitrogen and oxygen atoms in total. The average molecular weight is 414 g/mol. The van der Waals surface area contributed by atoms with E-state index in [1.807, 2.05) is 0 Å². The summed E-state index contributed by atoms with van der Waals surface area (Å²) in [6.45, 7) is 1.69. The minimum atomic E-state index is -5.90. The minimum Gasteiger partial charge on any atom is -0.312 e. The van der Waals surface area contributed by atoms with Gasteiger partial charge < -0.3 is 11.5 Å². The summed E-state index contributed by atoms with van der Waals surface area (Å²) in [5.41, 5.74) is 5.32. The van der Waals surface area contributed by atoms with Gasteiger partial charge in [-0.3, -0.25) is 9.11 Å². The molecule has 6 N–H and O–H groups in total. The second-order valence-corrected chi connectivity index (χ2v) is 7.67. The number of halogens is 6. The van der Waals surface area contributed by atoms with E-state index in [1.54, 1.807) is 6.92 Å². The summed E-state index contributed by atoms with van der Waals surface area (Å²) in [6.07, 6.45) is -11.3. The van der Waals surface area contributed by atoms with Crippen LogP contribution in [0.4, 0.5) is 26.3 Å². The molecule has 16 heteroatoms. The standard InChI is InChI=1S/C5H8F6N2O3S.C3H8O3S/c6-4(7,8)2(5(9,10)11)3(12,13)1-17(14,15)16;1-2-3-7(4,5)6/h2H,1,12-13H2,(H,14,15,16);2-3H2,1H3,(H,4,5,6). The maximum atomic E-state index is 12.1. The van der Waals surface area contributed by atoms with Crippen LogP contribution in [0.15, 0.2) is 0 Å². The van der Waals surface area contributed by atoms with Gasteiger partial charge in [0.2, 0.25) is 0 Å². The Morgan fingerprint density at radius 1 is 0.875 bits per heavy atom. The molecule has 0 aliphatic rings. The van der Waals surface area contributed by atoms with E-state index in [0.29, 0.717) is 6.42 Å². The Labute approximate surface area is 133 Å². The van der Waals surface area contributed by atoms with Gasteiger partial charge in [0.15, 0.2) is 5.92 Å². The minimum absolute atomic E-state index is 0.132. The second kappa shape index (κ2) is 8.13. The van der Waals surface area contributed by atoms with E-state index in [9.17, 15) is 43.2 Å². The average Bonchev–Trinajstić information content (AvgIpc) is 2.03. The summed E-state index contributed by atoms with van der Waals surface area (Å²) < 4.78 is 129. The highest BCUT2D eigenvalue weighted by Crippen LogP contribution is 2.43. The summed E-state index contributed by atoms with van der Waals surface area (Å²) in [7, 11) is -8.87. The highest BCUT2D eigenvalue weighted by molar-refractivity contribution is 7.86. The zero-order chi connectivity index (χ0) is 20.2. The van der Waals surface area contributed by atoms with E-state index in [1.165, 1.54) is 0 Å². The molecule has 0 amide bonds. The first-order valence-electron chi connectivity index (χ1n) is 5.75. The molecule has 0 spiro atoms. The molecule has 24 heavy (non-hydrogen) atoms. The first-order chi connectivity index (χ1) is 10.1. The summed E-state index contributed by atoms with van der Waals surface area (Å²) in [5.74, 6) is -6.49. The summed E-state index contributed by atoms with van der Waals surface area (Å²) in [6, 6.07) is 0. The normalized spacial score (nSPS) is 14.3. The Bertz CT molecular complexity index is 584. The summed E-state index contributed by atoms with van der Waals surface area (Å²) >= 11 is 0. The van der Waals surface area contributed by atoms with Crippen molar-refractivity contribution in [1.29, 1.82) is 0 Å². The maximum Gasteiger partial charge on any atom is 0.403 e. The van der Waals surface area contributed by atoms with Crippen molar-refractivity contribution < 1.29 is 52.3 Å². The smallest absolute Gasteiger partial charge is 0.312 e. The third-order valence-electron chi connectivity index (χ3n) is 2.09. The Morgan fingerprint density at radius 3 is 1.33 bits per heavy atom. The Hall–Kier alpha value is -0.680. The lowest BCUT2D eigenvalue weighted by Crippen LogP contribution is -2.67. The van der Waals surface area contributed by atoms with Gasteiger partial charge in [0, 0.05) is 0 Å². The number of hydrogen-bond acceptors (Lipinski definition) is 6. The zero-order valence-corrected chi connectivity index (χ0v) is 13.6. The fourth-order valence-electron chi connectivity index (χ4n) is 1.45. The Morgan fingerprint density at radius 2 is 1.21 bits per heavy atom. The molecule has 0 saturated heterocycles. The molecule has 0 unspecified atom stereocenters. The lowest BCUT2D eigenvalue weighted by atomic mass is 9.94. The van der Waals surface area contributed by atoms with Crippen molar-refractivity contribution >= 4 is 20.2 Å². The van der Waals surface area contributed by atoms with Crippen molar-refractivity contribution in [2.45, 2.75) is 31.4 Å². The largest absolute Gasteiger partial charge is 0.403 e. The Balaban J connectivity index is 0. The van der Waals surface area contributed by atoms with Crippen LogP contribution >= 0.6 is 0 Å². The monoisotopic (exact) mass is 414 g/mol. The highest BCUT2D eigenvalue weighted by atomic mass is 32.2. The molecule has 0 rings (SSSR count). The molecular weight excluding hydrogens is 398 g/mol. The van der Waals surface area contributed by atoms with Crippen molar-refractivity contribution in [2.24, 2.45) is 17.4 Å². The van der Waals surface area contributed by atoms with Gasteiger partial charge in [-0.05, 0) is 6.42 Å². The lowest BCUT2D eigenvalue weighted by molar-refractivity contribution is -0.299. The van der Waals surface area contributed by atoms with Crippen molar-refractivity contribution in [3.05, 3.63) is 0 Å². The van der Waals surface area contributed by atoms with Gasteiger partial charge in [0.25, 0.3) is 20.2 Å². The van der Waals surface area contributed by atoms with Gasteiger partial charge in [0.05, 0.1) is 5.75 Å².